The third kappa shape index (κ3) is 2.19. The quantitative estimate of drug-likeness (QED) is 0.840. The Hall–Kier alpha value is -1.02. The molecule has 1 aliphatic heterocycles. The number of likely N-dealkylation sites (tertiary alicyclic amines) is 1. The first-order chi connectivity index (χ1) is 10.5. The van der Waals surface area contributed by atoms with Gasteiger partial charge in [-0.3, -0.25) is 4.90 Å². The van der Waals surface area contributed by atoms with Gasteiger partial charge in [0.05, 0.1) is 0 Å². The third-order valence-electron chi connectivity index (χ3n) is 6.81. The summed E-state index contributed by atoms with van der Waals surface area (Å²) in [7, 11) is 4.30. The Balaban J connectivity index is 1.70. The first-order valence-electron chi connectivity index (χ1n) is 9.04. The van der Waals surface area contributed by atoms with Gasteiger partial charge in [0.15, 0.2) is 0 Å². The molecule has 1 saturated heterocycles. The Morgan fingerprint density at radius 3 is 2.73 bits per heavy atom. The first kappa shape index (κ1) is 14.6. The molecule has 0 aromatic heterocycles. The van der Waals surface area contributed by atoms with Crippen molar-refractivity contribution in [1.82, 2.24) is 4.90 Å². The summed E-state index contributed by atoms with van der Waals surface area (Å²) in [5.41, 5.74) is 4.96. The molecule has 3 atom stereocenters. The molecule has 2 fully saturated rings. The number of benzene rings is 1. The van der Waals surface area contributed by atoms with Crippen molar-refractivity contribution in [3.8, 4) is 0 Å². The monoisotopic (exact) mass is 298 g/mol. The minimum absolute atomic E-state index is 0.365. The number of anilines is 1. The van der Waals surface area contributed by atoms with Gasteiger partial charge in [-0.25, -0.2) is 0 Å². The lowest BCUT2D eigenvalue weighted by molar-refractivity contribution is 0.0284. The van der Waals surface area contributed by atoms with E-state index in [1.807, 2.05) is 0 Å². The van der Waals surface area contributed by atoms with E-state index in [9.17, 15) is 0 Å². The van der Waals surface area contributed by atoms with Crippen molar-refractivity contribution in [2.24, 2.45) is 11.8 Å². The fourth-order valence-electron chi connectivity index (χ4n) is 4.83. The largest absolute Gasteiger partial charge is 0.378 e. The molecule has 2 nitrogen and oxygen atoms in total. The number of hydrogen-bond donors (Lipinski definition) is 0. The predicted molar refractivity (Wildman–Crippen MR) is 93.7 cm³/mol. The summed E-state index contributed by atoms with van der Waals surface area (Å²) in [4.78, 5) is 5.06. The van der Waals surface area contributed by atoms with E-state index in [2.05, 4.69) is 55.9 Å². The molecular weight excluding hydrogens is 268 g/mol. The highest BCUT2D eigenvalue weighted by Gasteiger charge is 2.49. The van der Waals surface area contributed by atoms with Gasteiger partial charge in [-0.2, -0.15) is 0 Å². The van der Waals surface area contributed by atoms with E-state index in [1.165, 1.54) is 44.5 Å². The van der Waals surface area contributed by atoms with E-state index in [-0.39, 0.29) is 0 Å². The van der Waals surface area contributed by atoms with Crippen molar-refractivity contribution < 1.29 is 0 Å². The fraction of sp³-hybridized carbons (Fsp3) is 0.700. The topological polar surface area (TPSA) is 6.48 Å². The Kier molecular flexibility index (Phi) is 3.30. The molecule has 1 aromatic carbocycles. The number of nitrogens with zero attached hydrogens (tertiary/aromatic N) is 2. The van der Waals surface area contributed by atoms with Crippen molar-refractivity contribution in [2.75, 3.05) is 32.1 Å². The van der Waals surface area contributed by atoms with Crippen LogP contribution in [-0.2, 0) is 11.8 Å². The van der Waals surface area contributed by atoms with Crippen LogP contribution in [0.2, 0.25) is 0 Å². The second-order valence-corrected chi connectivity index (χ2v) is 8.40. The molecule has 1 aromatic rings. The molecule has 4 rings (SSSR count). The second kappa shape index (κ2) is 4.99. The van der Waals surface area contributed by atoms with Crippen LogP contribution in [0.4, 0.5) is 5.69 Å². The molecule has 2 heteroatoms. The van der Waals surface area contributed by atoms with Gasteiger partial charge in [-0.05, 0) is 72.7 Å². The van der Waals surface area contributed by atoms with Crippen molar-refractivity contribution in [2.45, 2.75) is 51.0 Å². The summed E-state index contributed by atoms with van der Waals surface area (Å²) in [5, 5.41) is 0. The maximum atomic E-state index is 2.83. The summed E-state index contributed by atoms with van der Waals surface area (Å²) in [6.45, 7) is 7.69. The van der Waals surface area contributed by atoms with Gasteiger partial charge < -0.3 is 4.90 Å². The first-order valence-corrected chi connectivity index (χ1v) is 9.04. The number of fused-ring (bicyclic) bond motifs is 4. The fourth-order valence-corrected chi connectivity index (χ4v) is 4.83. The van der Waals surface area contributed by atoms with Crippen LogP contribution >= 0.6 is 0 Å². The molecule has 0 spiro atoms. The zero-order valence-electron chi connectivity index (χ0n) is 14.6. The van der Waals surface area contributed by atoms with E-state index in [0.717, 1.165) is 17.9 Å². The SMILES string of the molecule is CC1[C@H]2Cc3ccc(N(C)C)cc3[C@]1(C)CCN2CC1CC1. The van der Waals surface area contributed by atoms with Crippen LogP contribution in [0.15, 0.2) is 18.2 Å². The van der Waals surface area contributed by atoms with Crippen molar-refractivity contribution >= 4 is 5.69 Å². The van der Waals surface area contributed by atoms with Gasteiger partial charge in [0.2, 0.25) is 0 Å². The lowest BCUT2D eigenvalue weighted by Crippen LogP contribution is -2.58. The summed E-state index contributed by atoms with van der Waals surface area (Å²) in [6.07, 6.45) is 5.52. The average molecular weight is 298 g/mol. The van der Waals surface area contributed by atoms with Crippen molar-refractivity contribution in [1.29, 1.82) is 0 Å². The average Bonchev–Trinajstić information content (AvgIpc) is 3.29. The predicted octanol–water partition coefficient (Wildman–Crippen LogP) is 3.69. The molecule has 2 aliphatic carbocycles. The molecule has 1 unspecified atom stereocenters. The Morgan fingerprint density at radius 2 is 2.05 bits per heavy atom. The maximum Gasteiger partial charge on any atom is 0.0364 e. The standard InChI is InChI=1S/C20H30N2/c1-14-19-11-16-7-8-17(21(3)4)12-18(16)20(14,2)9-10-22(19)13-15-5-6-15/h7-8,12,14-15,19H,5-6,9-11,13H2,1-4H3/t14?,19-,20-/m1/s1. The van der Waals surface area contributed by atoms with E-state index in [4.69, 9.17) is 0 Å². The van der Waals surface area contributed by atoms with E-state index >= 15 is 0 Å². The van der Waals surface area contributed by atoms with Gasteiger partial charge in [0.1, 0.15) is 0 Å². The summed E-state index contributed by atoms with van der Waals surface area (Å²) >= 11 is 0. The molecule has 0 radical (unpaired) electrons. The zero-order valence-corrected chi connectivity index (χ0v) is 14.6. The molecule has 2 bridgehead atoms. The lowest BCUT2D eigenvalue weighted by atomic mass is 9.59. The molecular formula is C20H30N2. The molecule has 0 amide bonds. The Bertz CT molecular complexity index is 575. The summed E-state index contributed by atoms with van der Waals surface area (Å²) in [6, 6.07) is 7.94. The highest BCUT2D eigenvalue weighted by Crippen LogP contribution is 2.50. The third-order valence-corrected chi connectivity index (χ3v) is 6.81. The molecule has 0 N–H and O–H groups in total. The zero-order chi connectivity index (χ0) is 15.5. The molecule has 3 aliphatic rings. The van der Waals surface area contributed by atoms with Crippen LogP contribution in [-0.4, -0.2) is 38.1 Å². The van der Waals surface area contributed by atoms with Crippen molar-refractivity contribution in [3.05, 3.63) is 29.3 Å². The number of piperidine rings is 1. The van der Waals surface area contributed by atoms with Gasteiger partial charge >= 0.3 is 0 Å². The normalized spacial score (nSPS) is 34.4. The van der Waals surface area contributed by atoms with Crippen LogP contribution in [0.5, 0.6) is 0 Å². The van der Waals surface area contributed by atoms with Gasteiger partial charge in [-0.1, -0.05) is 19.9 Å². The molecule has 120 valence electrons. The van der Waals surface area contributed by atoms with Gasteiger partial charge in [-0.15, -0.1) is 0 Å². The smallest absolute Gasteiger partial charge is 0.0364 e. The van der Waals surface area contributed by atoms with Crippen LogP contribution in [0.3, 0.4) is 0 Å². The highest BCUT2D eigenvalue weighted by atomic mass is 15.2. The van der Waals surface area contributed by atoms with Crippen LogP contribution < -0.4 is 4.90 Å². The summed E-state index contributed by atoms with van der Waals surface area (Å²) < 4.78 is 0. The molecule has 22 heavy (non-hydrogen) atoms. The van der Waals surface area contributed by atoms with E-state index < -0.39 is 0 Å². The number of rotatable bonds is 3. The van der Waals surface area contributed by atoms with Crippen molar-refractivity contribution in [3.63, 3.8) is 0 Å². The number of hydrogen-bond acceptors (Lipinski definition) is 2. The minimum Gasteiger partial charge on any atom is -0.378 e. The Labute approximate surface area is 135 Å². The highest BCUT2D eigenvalue weighted by molar-refractivity contribution is 5.54. The lowest BCUT2D eigenvalue weighted by Gasteiger charge is -2.55. The minimum atomic E-state index is 0.365. The Morgan fingerprint density at radius 1 is 1.27 bits per heavy atom. The van der Waals surface area contributed by atoms with Gasteiger partial charge in [0, 0.05) is 32.4 Å². The van der Waals surface area contributed by atoms with Crippen LogP contribution in [0.1, 0.15) is 44.2 Å². The summed E-state index contributed by atoms with van der Waals surface area (Å²) in [5.74, 6) is 1.78. The molecule has 1 saturated carbocycles. The van der Waals surface area contributed by atoms with Crippen LogP contribution in [0.25, 0.3) is 0 Å². The van der Waals surface area contributed by atoms with Gasteiger partial charge in [0.25, 0.3) is 0 Å². The maximum absolute atomic E-state index is 2.83. The van der Waals surface area contributed by atoms with E-state index in [0.29, 0.717) is 5.41 Å². The second-order valence-electron chi connectivity index (χ2n) is 8.40. The molecule has 1 heterocycles. The van der Waals surface area contributed by atoms with Crippen LogP contribution in [0, 0.1) is 11.8 Å². The van der Waals surface area contributed by atoms with E-state index in [1.54, 1.807) is 11.1 Å².